The van der Waals surface area contributed by atoms with Gasteiger partial charge in [-0.3, -0.25) is 4.79 Å². The van der Waals surface area contributed by atoms with Crippen LogP contribution in [-0.2, 0) is 4.79 Å². The first-order chi connectivity index (χ1) is 9.63. The molecule has 0 aliphatic carbocycles. The number of nitrogens with one attached hydrogen (secondary N) is 2. The number of carbonyl (C=O) groups excluding carboxylic acids is 1. The van der Waals surface area contributed by atoms with Gasteiger partial charge in [-0.2, -0.15) is 11.8 Å². The zero-order chi connectivity index (χ0) is 16.1. The highest BCUT2D eigenvalue weighted by Gasteiger charge is 2.28. The summed E-state index contributed by atoms with van der Waals surface area (Å²) >= 11 is 1.99. The predicted molar refractivity (Wildman–Crippen MR) is 92.0 cm³/mol. The van der Waals surface area contributed by atoms with E-state index in [1.54, 1.807) is 0 Å². The first kappa shape index (κ1) is 18.1. The third-order valence-corrected chi connectivity index (χ3v) is 4.24. The minimum absolute atomic E-state index is 0.0384. The summed E-state index contributed by atoms with van der Waals surface area (Å²) in [6.07, 6.45) is 0. The van der Waals surface area contributed by atoms with Crippen LogP contribution in [0.4, 0.5) is 0 Å². The van der Waals surface area contributed by atoms with Crippen molar-refractivity contribution in [3.8, 4) is 0 Å². The van der Waals surface area contributed by atoms with Crippen molar-refractivity contribution in [1.82, 2.24) is 15.5 Å². The fourth-order valence-electron chi connectivity index (χ4n) is 2.23. The third kappa shape index (κ3) is 7.07. The molecule has 0 atom stereocenters. The van der Waals surface area contributed by atoms with E-state index in [-0.39, 0.29) is 22.7 Å². The molecule has 2 N–H and O–H groups in total. The lowest BCUT2D eigenvalue weighted by Crippen LogP contribution is -2.51. The van der Waals surface area contributed by atoms with E-state index in [1.165, 1.54) is 0 Å². The summed E-state index contributed by atoms with van der Waals surface area (Å²) in [5.41, 5.74) is -0.214. The second kappa shape index (κ2) is 7.38. The maximum atomic E-state index is 11.9. The fourth-order valence-corrected chi connectivity index (χ4v) is 3.34. The van der Waals surface area contributed by atoms with Crippen molar-refractivity contribution >= 4 is 23.6 Å². The van der Waals surface area contributed by atoms with Gasteiger partial charge < -0.3 is 15.5 Å². The van der Waals surface area contributed by atoms with E-state index >= 15 is 0 Å². The van der Waals surface area contributed by atoms with E-state index in [9.17, 15) is 4.79 Å². The Morgan fingerprint density at radius 2 is 2.05 bits per heavy atom. The van der Waals surface area contributed by atoms with Crippen molar-refractivity contribution in [3.05, 3.63) is 0 Å². The minimum Gasteiger partial charge on any atom is -0.357 e. The van der Waals surface area contributed by atoms with E-state index in [0.29, 0.717) is 0 Å². The van der Waals surface area contributed by atoms with Gasteiger partial charge in [0, 0.05) is 35.7 Å². The van der Waals surface area contributed by atoms with Gasteiger partial charge in [-0.25, -0.2) is 4.99 Å². The summed E-state index contributed by atoms with van der Waals surface area (Å²) in [5, 5.41) is 6.23. The van der Waals surface area contributed by atoms with Crippen molar-refractivity contribution in [2.75, 3.05) is 31.9 Å². The highest BCUT2D eigenvalue weighted by atomic mass is 32.2. The second-order valence-electron chi connectivity index (χ2n) is 7.00. The van der Waals surface area contributed by atoms with Crippen LogP contribution in [0.15, 0.2) is 4.99 Å². The second-order valence-corrected chi connectivity index (χ2v) is 8.80. The summed E-state index contributed by atoms with van der Waals surface area (Å²) in [7, 11) is 0. The van der Waals surface area contributed by atoms with Crippen LogP contribution in [0.25, 0.3) is 0 Å². The van der Waals surface area contributed by atoms with Crippen molar-refractivity contribution in [1.29, 1.82) is 0 Å². The maximum absolute atomic E-state index is 11.9. The summed E-state index contributed by atoms with van der Waals surface area (Å²) in [5.74, 6) is 1.89. The first-order valence-electron chi connectivity index (χ1n) is 7.61. The lowest BCUT2D eigenvalue weighted by molar-refractivity contribution is -0.121. The molecule has 1 fully saturated rings. The number of hydrogen-bond donors (Lipinski definition) is 2. The van der Waals surface area contributed by atoms with Crippen molar-refractivity contribution in [3.63, 3.8) is 0 Å². The molecule has 1 heterocycles. The number of thioether (sulfide) groups is 1. The molecule has 21 heavy (non-hydrogen) atoms. The Morgan fingerprint density at radius 3 is 2.57 bits per heavy atom. The normalized spacial score (nSPS) is 19.3. The number of aliphatic imine (C=N–C) groups is 1. The Morgan fingerprint density at radius 1 is 1.38 bits per heavy atom. The van der Waals surface area contributed by atoms with E-state index in [4.69, 9.17) is 0 Å². The number of hydrogen-bond acceptors (Lipinski definition) is 3. The Kier molecular flexibility index (Phi) is 6.38. The van der Waals surface area contributed by atoms with Gasteiger partial charge >= 0.3 is 0 Å². The van der Waals surface area contributed by atoms with Gasteiger partial charge in [0.05, 0.1) is 0 Å². The van der Waals surface area contributed by atoms with Crippen LogP contribution in [0.5, 0.6) is 0 Å². The lowest BCUT2D eigenvalue weighted by atomic mass is 10.1. The van der Waals surface area contributed by atoms with Crippen LogP contribution >= 0.6 is 11.8 Å². The first-order valence-corrected chi connectivity index (χ1v) is 8.60. The quantitative estimate of drug-likeness (QED) is 0.615. The molecule has 1 aliphatic rings. The molecule has 0 unspecified atom stereocenters. The molecule has 0 bridgehead atoms. The summed E-state index contributed by atoms with van der Waals surface area (Å²) in [6.45, 7) is 15.4. The van der Waals surface area contributed by atoms with Gasteiger partial charge in [0.2, 0.25) is 5.91 Å². The van der Waals surface area contributed by atoms with Gasteiger partial charge in [0.15, 0.2) is 5.96 Å². The molecule has 0 saturated carbocycles. The van der Waals surface area contributed by atoms with Crippen LogP contribution in [0, 0.1) is 0 Å². The van der Waals surface area contributed by atoms with Gasteiger partial charge in [-0.1, -0.05) is 0 Å². The van der Waals surface area contributed by atoms with Crippen LogP contribution in [-0.4, -0.2) is 59.0 Å². The zero-order valence-electron chi connectivity index (χ0n) is 14.2. The highest BCUT2D eigenvalue weighted by Crippen LogP contribution is 2.29. The molecule has 5 nitrogen and oxygen atoms in total. The molecule has 0 spiro atoms. The molecule has 0 aromatic rings. The third-order valence-electron chi connectivity index (χ3n) is 2.95. The maximum Gasteiger partial charge on any atom is 0.242 e. The molecular formula is C15H30N4OS. The van der Waals surface area contributed by atoms with Gasteiger partial charge in [-0.15, -0.1) is 0 Å². The molecule has 1 aliphatic heterocycles. The van der Waals surface area contributed by atoms with Crippen LogP contribution in [0.3, 0.4) is 0 Å². The van der Waals surface area contributed by atoms with E-state index < -0.39 is 0 Å². The Bertz CT molecular complexity index is 388. The molecule has 1 amide bonds. The zero-order valence-corrected chi connectivity index (χ0v) is 15.1. The van der Waals surface area contributed by atoms with Crippen molar-refractivity contribution < 1.29 is 4.79 Å². The number of nitrogens with zero attached hydrogens (tertiary/aromatic N) is 2. The predicted octanol–water partition coefficient (Wildman–Crippen LogP) is 1.69. The minimum atomic E-state index is -0.214. The fraction of sp³-hybridized carbons (Fsp3) is 0.867. The average Bonchev–Trinajstić information content (AvgIpc) is 2.31. The highest BCUT2D eigenvalue weighted by molar-refractivity contribution is 8.00. The summed E-state index contributed by atoms with van der Waals surface area (Å²) < 4.78 is 0.224. The van der Waals surface area contributed by atoms with E-state index in [0.717, 1.165) is 31.3 Å². The van der Waals surface area contributed by atoms with Crippen LogP contribution in [0.1, 0.15) is 41.5 Å². The molecular weight excluding hydrogens is 284 g/mol. The Hall–Kier alpha value is -0.910. The summed E-state index contributed by atoms with van der Waals surface area (Å²) in [4.78, 5) is 18.7. The average molecular weight is 314 g/mol. The Balaban J connectivity index is 2.67. The van der Waals surface area contributed by atoms with Crippen LogP contribution in [0.2, 0.25) is 0 Å². The molecule has 1 saturated heterocycles. The van der Waals surface area contributed by atoms with Gasteiger partial charge in [0.1, 0.15) is 6.54 Å². The van der Waals surface area contributed by atoms with Gasteiger partial charge in [-0.05, 0) is 41.5 Å². The number of carbonyl (C=O) groups is 1. The standard InChI is InChI=1S/C15H30N4OS/c1-7-16-13(17-10-12(20)18-14(2,3)4)19-8-9-21-15(5,6)11-19/h7-11H2,1-6H3,(H,16,17)(H,18,20). The SMILES string of the molecule is CCNC(=NCC(=O)NC(C)(C)C)N1CCSC(C)(C)C1. The molecule has 1 rings (SSSR count). The van der Waals surface area contributed by atoms with Crippen molar-refractivity contribution in [2.24, 2.45) is 4.99 Å². The lowest BCUT2D eigenvalue weighted by Gasteiger charge is -2.39. The van der Waals surface area contributed by atoms with Gasteiger partial charge in [0.25, 0.3) is 0 Å². The molecule has 0 aromatic heterocycles. The number of amides is 1. The number of guanidine groups is 1. The molecule has 0 aromatic carbocycles. The monoisotopic (exact) mass is 314 g/mol. The van der Waals surface area contributed by atoms with Crippen molar-refractivity contribution in [2.45, 2.75) is 51.8 Å². The number of rotatable bonds is 3. The topological polar surface area (TPSA) is 56.7 Å². The van der Waals surface area contributed by atoms with Crippen LogP contribution < -0.4 is 10.6 Å². The largest absolute Gasteiger partial charge is 0.357 e. The van der Waals surface area contributed by atoms with E-state index in [1.807, 2.05) is 32.5 Å². The molecule has 122 valence electrons. The van der Waals surface area contributed by atoms with E-state index in [2.05, 4.69) is 41.3 Å². The smallest absolute Gasteiger partial charge is 0.242 e. The molecule has 6 heteroatoms. The molecule has 0 radical (unpaired) electrons. The Labute approximate surface area is 133 Å². The summed E-state index contributed by atoms with van der Waals surface area (Å²) in [6, 6.07) is 0.